The van der Waals surface area contributed by atoms with Gasteiger partial charge in [-0.05, 0) is 43.8 Å². The molecule has 0 aromatic heterocycles. The first-order chi connectivity index (χ1) is 7.33. The molecule has 1 saturated carbocycles. The molecule has 0 heterocycles. The molecule has 1 nitrogen and oxygen atoms in total. The van der Waals surface area contributed by atoms with E-state index in [0.717, 1.165) is 6.61 Å². The van der Waals surface area contributed by atoms with Crippen LogP contribution in [0.3, 0.4) is 0 Å². The average molecular weight is 235 g/mol. The van der Waals surface area contributed by atoms with E-state index in [9.17, 15) is 0 Å². The molecule has 1 aliphatic carbocycles. The number of rotatable bonds is 4. The topological polar surface area (TPSA) is 9.23 Å². The first-order valence-corrected chi connectivity index (χ1v) is 8.76. The molecule has 0 N–H and O–H groups in total. The summed E-state index contributed by atoms with van der Waals surface area (Å²) in [6.45, 7) is 12.1. The molecule has 0 amide bonds. The van der Waals surface area contributed by atoms with Crippen LogP contribution in [0.25, 0.3) is 0 Å². The van der Waals surface area contributed by atoms with Crippen LogP contribution >= 0.6 is 0 Å². The van der Waals surface area contributed by atoms with Gasteiger partial charge >= 0.3 is 0 Å². The lowest BCUT2D eigenvalue weighted by Gasteiger charge is -2.35. The van der Waals surface area contributed by atoms with Crippen molar-refractivity contribution in [2.45, 2.75) is 38.9 Å². The molecule has 16 heavy (non-hydrogen) atoms. The van der Waals surface area contributed by atoms with Crippen LogP contribution in [0.5, 0.6) is 0 Å². The van der Waals surface area contributed by atoms with E-state index in [4.69, 9.17) is 4.43 Å². The Morgan fingerprint density at radius 2 is 1.75 bits per heavy atom. The maximum Gasteiger partial charge on any atom is 0.192 e. The molecule has 89 valence electrons. The zero-order valence-corrected chi connectivity index (χ0v) is 12.1. The van der Waals surface area contributed by atoms with Crippen molar-refractivity contribution >= 4 is 8.32 Å². The molecule has 0 saturated heterocycles. The highest BCUT2D eigenvalue weighted by Gasteiger charge is 2.36. The molecule has 0 bridgehead atoms. The fourth-order valence-electron chi connectivity index (χ4n) is 1.16. The lowest BCUT2D eigenvalue weighted by Crippen LogP contribution is -2.40. The molecule has 0 atom stereocenters. The van der Waals surface area contributed by atoms with Crippen molar-refractivity contribution in [2.75, 3.05) is 6.61 Å². The fraction of sp³-hybridized carbons (Fsp3) is 0.500. The summed E-state index contributed by atoms with van der Waals surface area (Å²) >= 11 is 0. The summed E-state index contributed by atoms with van der Waals surface area (Å²) in [5.74, 6) is 1.25. The Morgan fingerprint density at radius 1 is 1.19 bits per heavy atom. The molecular weight excluding hydrogens is 212 g/mol. The van der Waals surface area contributed by atoms with Gasteiger partial charge in [0.1, 0.15) is 0 Å². The summed E-state index contributed by atoms with van der Waals surface area (Å²) < 4.78 is 6.04. The molecule has 1 rings (SSSR count). The van der Waals surface area contributed by atoms with E-state index >= 15 is 0 Å². The van der Waals surface area contributed by atoms with Crippen LogP contribution in [0.4, 0.5) is 0 Å². The lowest BCUT2D eigenvalue weighted by atomic mass is 10.1. The lowest BCUT2D eigenvalue weighted by molar-refractivity contribution is 0.328. The first kappa shape index (κ1) is 14.0. The van der Waals surface area contributed by atoms with Gasteiger partial charge in [-0.3, -0.25) is 0 Å². The normalized spacial score (nSPS) is 19.8. The highest BCUT2D eigenvalue weighted by Crippen LogP contribution is 2.36. The SMILES string of the molecule is CC(C)(C)[Si](C)(C)OC/C=C/[C]1[CH][CH][CH][CH]1. The summed E-state index contributed by atoms with van der Waals surface area (Å²) in [6.07, 6.45) is 12.5. The smallest absolute Gasteiger partial charge is 0.192 e. The van der Waals surface area contributed by atoms with Crippen molar-refractivity contribution in [1.82, 2.24) is 0 Å². The minimum Gasteiger partial charge on any atom is -0.413 e. The standard InChI is InChI=1S/C14H23OSi/c1-14(2,3)16(4,5)15-12-8-11-13-9-6-7-10-13/h6-11H,12H2,1-5H3/b11-8+. The van der Waals surface area contributed by atoms with Crippen LogP contribution in [0.2, 0.25) is 18.1 Å². The zero-order valence-electron chi connectivity index (χ0n) is 11.1. The molecule has 1 aliphatic rings. The van der Waals surface area contributed by atoms with Crippen molar-refractivity contribution in [2.24, 2.45) is 0 Å². The van der Waals surface area contributed by atoms with E-state index in [1.807, 2.05) is 12.8 Å². The Morgan fingerprint density at radius 3 is 2.25 bits per heavy atom. The quantitative estimate of drug-likeness (QED) is 0.670. The summed E-state index contributed by atoms with van der Waals surface area (Å²) in [6, 6.07) is 0. The molecule has 1 fully saturated rings. The van der Waals surface area contributed by atoms with Gasteiger partial charge in [0.2, 0.25) is 0 Å². The minimum absolute atomic E-state index is 0.293. The zero-order chi connectivity index (χ0) is 12.2. The summed E-state index contributed by atoms with van der Waals surface area (Å²) in [5, 5.41) is 0.293. The van der Waals surface area contributed by atoms with Crippen LogP contribution in [0.15, 0.2) is 12.2 Å². The molecule has 5 radical (unpaired) electrons. The van der Waals surface area contributed by atoms with Gasteiger partial charge in [-0.1, -0.05) is 32.9 Å². The van der Waals surface area contributed by atoms with E-state index in [1.165, 1.54) is 5.92 Å². The average Bonchev–Trinajstić information content (AvgIpc) is 2.63. The van der Waals surface area contributed by atoms with Crippen molar-refractivity contribution in [3.8, 4) is 0 Å². The third-order valence-corrected chi connectivity index (χ3v) is 7.85. The molecule has 2 heteroatoms. The molecule has 0 spiro atoms. The van der Waals surface area contributed by atoms with Gasteiger partial charge in [0.25, 0.3) is 0 Å². The van der Waals surface area contributed by atoms with Crippen LogP contribution in [0, 0.1) is 31.6 Å². The minimum atomic E-state index is -1.58. The largest absolute Gasteiger partial charge is 0.413 e. The monoisotopic (exact) mass is 235 g/mol. The highest BCUT2D eigenvalue weighted by atomic mass is 28.4. The van der Waals surface area contributed by atoms with Gasteiger partial charge in [-0.15, -0.1) is 0 Å². The van der Waals surface area contributed by atoms with Crippen molar-refractivity contribution in [3.63, 3.8) is 0 Å². The third kappa shape index (κ3) is 4.06. The summed E-state index contributed by atoms with van der Waals surface area (Å²) in [5.41, 5.74) is 0. The van der Waals surface area contributed by atoms with Crippen molar-refractivity contribution in [1.29, 1.82) is 0 Å². The summed E-state index contributed by atoms with van der Waals surface area (Å²) in [7, 11) is -1.58. The van der Waals surface area contributed by atoms with Gasteiger partial charge in [0, 0.05) is 5.92 Å². The van der Waals surface area contributed by atoms with Crippen LogP contribution < -0.4 is 0 Å². The van der Waals surface area contributed by atoms with Crippen LogP contribution in [0.1, 0.15) is 20.8 Å². The van der Waals surface area contributed by atoms with Crippen molar-refractivity contribution < 1.29 is 4.43 Å². The van der Waals surface area contributed by atoms with E-state index in [1.54, 1.807) is 0 Å². The third-order valence-electron chi connectivity index (χ3n) is 3.35. The Balaban J connectivity index is 2.29. The Labute approximate surface area is 102 Å². The molecule has 0 aromatic rings. The molecule has 0 unspecified atom stereocenters. The van der Waals surface area contributed by atoms with E-state index in [-0.39, 0.29) is 0 Å². The summed E-state index contributed by atoms with van der Waals surface area (Å²) in [4.78, 5) is 0. The predicted molar refractivity (Wildman–Crippen MR) is 72.7 cm³/mol. The second kappa shape index (κ2) is 5.50. The molecule has 0 aromatic carbocycles. The predicted octanol–water partition coefficient (Wildman–Crippen LogP) is 3.97. The highest BCUT2D eigenvalue weighted by molar-refractivity contribution is 6.74. The van der Waals surface area contributed by atoms with Gasteiger partial charge in [0.15, 0.2) is 8.32 Å². The maximum absolute atomic E-state index is 6.04. The van der Waals surface area contributed by atoms with Crippen LogP contribution in [-0.2, 0) is 4.43 Å². The molecule has 0 aliphatic heterocycles. The Kier molecular flexibility index (Phi) is 4.81. The number of hydrogen-bond acceptors (Lipinski definition) is 1. The van der Waals surface area contributed by atoms with Crippen LogP contribution in [-0.4, -0.2) is 14.9 Å². The fourth-order valence-corrected chi connectivity index (χ4v) is 2.10. The molecular formula is C14H23OSi. The number of hydrogen-bond donors (Lipinski definition) is 0. The second-order valence-electron chi connectivity index (χ2n) is 5.69. The van der Waals surface area contributed by atoms with Gasteiger partial charge in [-0.2, -0.15) is 0 Å². The Hall–Kier alpha value is -0.0831. The van der Waals surface area contributed by atoms with E-state index in [0.29, 0.717) is 5.04 Å². The number of allylic oxidation sites excluding steroid dienone is 1. The first-order valence-electron chi connectivity index (χ1n) is 5.85. The van der Waals surface area contributed by atoms with Gasteiger partial charge in [0.05, 0.1) is 6.61 Å². The van der Waals surface area contributed by atoms with Gasteiger partial charge < -0.3 is 4.43 Å². The van der Waals surface area contributed by atoms with Gasteiger partial charge in [-0.25, -0.2) is 0 Å². The Bertz CT molecular complexity index is 232. The van der Waals surface area contributed by atoms with Crippen molar-refractivity contribution in [3.05, 3.63) is 43.8 Å². The maximum atomic E-state index is 6.04. The van der Waals surface area contributed by atoms with E-state index in [2.05, 4.69) is 58.9 Å². The second-order valence-corrected chi connectivity index (χ2v) is 10.5. The van der Waals surface area contributed by atoms with E-state index < -0.39 is 8.32 Å².